The van der Waals surface area contributed by atoms with Gasteiger partial charge in [0, 0.05) is 29.5 Å². The van der Waals surface area contributed by atoms with Gasteiger partial charge in [0.05, 0.1) is 40.9 Å². The van der Waals surface area contributed by atoms with E-state index in [1.165, 1.54) is 12.1 Å². The zero-order valence-electron chi connectivity index (χ0n) is 23.2. The molecule has 1 aliphatic heterocycles. The van der Waals surface area contributed by atoms with Crippen molar-refractivity contribution in [2.75, 3.05) is 10.6 Å². The van der Waals surface area contributed by atoms with E-state index in [9.17, 15) is 11.0 Å². The molecule has 4 N–H and O–H groups in total. The predicted molar refractivity (Wildman–Crippen MR) is 159 cm³/mol. The molecule has 2 fully saturated rings. The van der Waals surface area contributed by atoms with Crippen molar-refractivity contribution in [1.82, 2.24) is 21.0 Å². The summed E-state index contributed by atoms with van der Waals surface area (Å²) in [6, 6.07) is 20.9. The summed E-state index contributed by atoms with van der Waals surface area (Å²) in [5, 5.41) is 20.1. The van der Waals surface area contributed by atoms with E-state index in [1.807, 2.05) is 35.5 Å². The smallest absolute Gasteiger partial charge is 0.123 e. The van der Waals surface area contributed by atoms with Crippen LogP contribution in [0.3, 0.4) is 0 Å². The number of pyridine rings is 1. The molecule has 1 unspecified atom stereocenters. The molecule has 9 heteroatoms. The molecule has 0 saturated heterocycles. The lowest BCUT2D eigenvalue weighted by molar-refractivity contribution is 0.260. The third-order valence-electron chi connectivity index (χ3n) is 7.80. The minimum absolute atomic E-state index is 0.0288. The Hall–Kier alpha value is -4.32. The van der Waals surface area contributed by atoms with Gasteiger partial charge < -0.3 is 16.1 Å². The molecule has 2 saturated carbocycles. The van der Waals surface area contributed by atoms with Gasteiger partial charge in [0.15, 0.2) is 0 Å². The summed E-state index contributed by atoms with van der Waals surface area (Å²) in [5.74, 6) is 0.0796. The van der Waals surface area contributed by atoms with Crippen LogP contribution in [0.15, 0.2) is 84.8 Å². The number of hydrogen-bond donors (Lipinski definition) is 4. The van der Waals surface area contributed by atoms with Gasteiger partial charge in [0.1, 0.15) is 11.9 Å². The minimum Gasteiger partial charge on any atom is -0.376 e. The maximum Gasteiger partial charge on any atom is 0.123 e. The normalized spacial score (nSPS) is 19.0. The Labute approximate surface area is 244 Å². The molecular formula is C32H29ClFN7. The zero-order valence-corrected chi connectivity index (χ0v) is 22.9. The molecule has 0 radical (unpaired) electrons. The molecule has 7 rings (SSSR count). The van der Waals surface area contributed by atoms with Gasteiger partial charge in [-0.05, 0) is 67.0 Å². The highest BCUT2D eigenvalue weighted by atomic mass is 35.5. The SMILES string of the molecule is [2H]C(Nc1cc(Cl)c2ncc(C#N)c(N[C@@H](c3ccccc3)C3CC3)c2c1)(C1=CN(C2CC2)NN1)c1ccc(F)cc1. The molecule has 7 nitrogen and oxygen atoms in total. The van der Waals surface area contributed by atoms with Gasteiger partial charge in [-0.15, -0.1) is 5.53 Å². The van der Waals surface area contributed by atoms with E-state index in [1.54, 1.807) is 24.4 Å². The van der Waals surface area contributed by atoms with Crippen molar-refractivity contribution in [3.63, 3.8) is 0 Å². The third kappa shape index (κ3) is 5.26. The summed E-state index contributed by atoms with van der Waals surface area (Å²) in [4.78, 5) is 4.52. The maximum absolute atomic E-state index is 13.9. The van der Waals surface area contributed by atoms with Crippen LogP contribution in [0, 0.1) is 23.1 Å². The van der Waals surface area contributed by atoms with Crippen LogP contribution >= 0.6 is 11.6 Å². The van der Waals surface area contributed by atoms with Crippen molar-refractivity contribution in [1.29, 1.82) is 5.26 Å². The van der Waals surface area contributed by atoms with Crippen molar-refractivity contribution < 1.29 is 5.76 Å². The van der Waals surface area contributed by atoms with Crippen molar-refractivity contribution in [2.45, 2.75) is 43.8 Å². The highest BCUT2D eigenvalue weighted by molar-refractivity contribution is 6.35. The number of nitrogens with one attached hydrogen (secondary N) is 4. The monoisotopic (exact) mass is 566 g/mol. The Morgan fingerprint density at radius 1 is 1.05 bits per heavy atom. The van der Waals surface area contributed by atoms with E-state index in [4.69, 9.17) is 11.6 Å². The summed E-state index contributed by atoms with van der Waals surface area (Å²) in [6.07, 6.45) is 7.80. The molecule has 206 valence electrons. The molecule has 3 aromatic carbocycles. The molecule has 0 spiro atoms. The molecule has 3 aliphatic rings. The first kappa shape index (κ1) is 24.5. The largest absolute Gasteiger partial charge is 0.376 e. The van der Waals surface area contributed by atoms with E-state index in [-0.39, 0.29) is 11.9 Å². The predicted octanol–water partition coefficient (Wildman–Crippen LogP) is 6.94. The van der Waals surface area contributed by atoms with Gasteiger partial charge >= 0.3 is 0 Å². The van der Waals surface area contributed by atoms with Crippen molar-refractivity contribution in [3.8, 4) is 6.07 Å². The summed E-state index contributed by atoms with van der Waals surface area (Å²) < 4.78 is 23.6. The Bertz CT molecular complexity index is 1720. The second-order valence-electron chi connectivity index (χ2n) is 10.8. The molecule has 0 amide bonds. The Balaban J connectivity index is 1.32. The van der Waals surface area contributed by atoms with Gasteiger partial charge in [-0.3, -0.25) is 9.99 Å². The van der Waals surface area contributed by atoms with E-state index >= 15 is 0 Å². The lowest BCUT2D eigenvalue weighted by atomic mass is 10.00. The average molecular weight is 567 g/mol. The minimum atomic E-state index is -1.52. The number of hydrazine groups is 2. The number of halogens is 2. The Morgan fingerprint density at radius 3 is 2.54 bits per heavy atom. The molecule has 4 aromatic rings. The molecule has 1 aromatic heterocycles. The first-order valence-corrected chi connectivity index (χ1v) is 14.2. The van der Waals surface area contributed by atoms with Crippen LogP contribution in [0.25, 0.3) is 10.9 Å². The lowest BCUT2D eigenvalue weighted by Gasteiger charge is -2.24. The average Bonchev–Trinajstić information content (AvgIpc) is 3.95. The topological polar surface area (TPSA) is 88.0 Å². The Kier molecular flexibility index (Phi) is 6.32. The van der Waals surface area contributed by atoms with Crippen molar-refractivity contribution in [2.24, 2.45) is 5.92 Å². The number of hydrogen-bond acceptors (Lipinski definition) is 7. The fraction of sp³-hybridized carbons (Fsp3) is 0.250. The van der Waals surface area contributed by atoms with Crippen molar-refractivity contribution >= 4 is 33.9 Å². The molecular weight excluding hydrogens is 537 g/mol. The number of fused-ring (bicyclic) bond motifs is 1. The van der Waals surface area contributed by atoms with Crippen LogP contribution in [-0.4, -0.2) is 16.0 Å². The number of benzene rings is 3. The van der Waals surface area contributed by atoms with Gasteiger partial charge in [0.25, 0.3) is 0 Å². The number of anilines is 2. The molecule has 41 heavy (non-hydrogen) atoms. The highest BCUT2D eigenvalue weighted by Crippen LogP contribution is 2.45. The number of nitrogens with zero attached hydrogens (tertiary/aromatic N) is 3. The second kappa shape index (κ2) is 10.6. The summed E-state index contributed by atoms with van der Waals surface area (Å²) in [7, 11) is 0. The van der Waals surface area contributed by atoms with Crippen LogP contribution in [0.4, 0.5) is 15.8 Å². The van der Waals surface area contributed by atoms with E-state index < -0.39 is 6.02 Å². The molecule has 2 aliphatic carbocycles. The summed E-state index contributed by atoms with van der Waals surface area (Å²) in [6.45, 7) is 0. The number of nitriles is 1. The van der Waals surface area contributed by atoms with Crippen LogP contribution in [0.1, 0.15) is 55.8 Å². The zero-order chi connectivity index (χ0) is 28.8. The fourth-order valence-electron chi connectivity index (χ4n) is 5.35. The van der Waals surface area contributed by atoms with Crippen LogP contribution in [0.2, 0.25) is 5.02 Å². The van der Waals surface area contributed by atoms with Gasteiger partial charge in [-0.2, -0.15) is 5.26 Å². The lowest BCUT2D eigenvalue weighted by Crippen LogP contribution is -2.38. The van der Waals surface area contributed by atoms with Crippen LogP contribution < -0.4 is 21.6 Å². The summed E-state index contributed by atoms with van der Waals surface area (Å²) >= 11 is 6.81. The first-order valence-electron chi connectivity index (χ1n) is 14.3. The number of aromatic nitrogens is 1. The van der Waals surface area contributed by atoms with Crippen LogP contribution in [0.5, 0.6) is 0 Å². The maximum atomic E-state index is 13.9. The van der Waals surface area contributed by atoms with Gasteiger partial charge in [-0.1, -0.05) is 54.1 Å². The first-order chi connectivity index (χ1) is 20.4. The van der Waals surface area contributed by atoms with Crippen molar-refractivity contribution in [3.05, 3.63) is 112 Å². The highest BCUT2D eigenvalue weighted by Gasteiger charge is 2.34. The standard InChI is InChI=1S/C32H29ClFN7/c33-27-15-24(37-31(21-8-10-23(34)11-9-21)28-18-41(40-39-28)25-12-13-25)14-26-30(22(16-35)17-36-32(26)27)38-29(20-6-7-20)19-4-2-1-3-5-19/h1-5,8-11,14-15,17-18,20,25,29,31,37,39-40H,6-7,12-13H2,(H,36,38)/t29-,31?/m0/s1/i31D. The van der Waals surface area contributed by atoms with Gasteiger partial charge in [0.2, 0.25) is 0 Å². The molecule has 2 atom stereocenters. The van der Waals surface area contributed by atoms with E-state index in [0.717, 1.165) is 31.2 Å². The third-order valence-corrected chi connectivity index (χ3v) is 8.09. The van der Waals surface area contributed by atoms with Gasteiger partial charge in [-0.25, -0.2) is 4.39 Å². The summed E-state index contributed by atoms with van der Waals surface area (Å²) in [5.41, 5.74) is 10.7. The molecule has 0 bridgehead atoms. The van der Waals surface area contributed by atoms with E-state index in [2.05, 4.69) is 44.8 Å². The van der Waals surface area contributed by atoms with Crippen LogP contribution in [-0.2, 0) is 0 Å². The number of rotatable bonds is 9. The quantitative estimate of drug-likeness (QED) is 0.174. The second-order valence-corrected chi connectivity index (χ2v) is 11.2. The Morgan fingerprint density at radius 2 is 1.83 bits per heavy atom. The van der Waals surface area contributed by atoms with E-state index in [0.29, 0.717) is 56.1 Å². The fourth-order valence-corrected chi connectivity index (χ4v) is 5.62. The molecule has 2 heterocycles.